The molecule has 1 unspecified atom stereocenters. The molecule has 0 amide bonds. The van der Waals surface area contributed by atoms with Gasteiger partial charge in [0.1, 0.15) is 0 Å². The van der Waals surface area contributed by atoms with Crippen LogP contribution in [0, 0.1) is 5.82 Å². The van der Waals surface area contributed by atoms with Crippen LogP contribution in [0.2, 0.25) is 0 Å². The van der Waals surface area contributed by atoms with E-state index in [1.807, 2.05) is 0 Å². The van der Waals surface area contributed by atoms with Crippen LogP contribution in [-0.4, -0.2) is 25.0 Å². The van der Waals surface area contributed by atoms with Crippen LogP contribution in [0.3, 0.4) is 0 Å². The number of benzene rings is 1. The van der Waals surface area contributed by atoms with Crippen LogP contribution in [0.15, 0.2) is 6.07 Å². The number of fused-ring (bicyclic) bond motifs is 1. The lowest BCUT2D eigenvalue weighted by Crippen LogP contribution is -2.14. The minimum absolute atomic E-state index is 0.00830. The Hall–Kier alpha value is -2.02. The van der Waals surface area contributed by atoms with Crippen molar-refractivity contribution in [1.82, 2.24) is 0 Å². The molecule has 1 heterocycles. The van der Waals surface area contributed by atoms with Crippen molar-refractivity contribution in [3.8, 4) is 17.2 Å². The molecule has 3 N–H and O–H groups in total. The normalized spacial score (nSPS) is 14.3. The summed E-state index contributed by atoms with van der Waals surface area (Å²) in [4.78, 5) is 10.5. The Morgan fingerprint density at radius 3 is 3.00 bits per heavy atom. The van der Waals surface area contributed by atoms with Crippen LogP contribution in [0.1, 0.15) is 24.4 Å². The number of rotatable bonds is 5. The molecule has 1 aromatic rings. The summed E-state index contributed by atoms with van der Waals surface area (Å²) in [6.45, 7) is -0.0662. The zero-order valence-corrected chi connectivity index (χ0v) is 10.3. The molecule has 0 aromatic heterocycles. The smallest absolute Gasteiger partial charge is 0.303 e. The average Bonchev–Trinajstić information content (AvgIpc) is 2.84. The number of carboxylic acid groups (broad SMARTS) is 1. The molecule has 19 heavy (non-hydrogen) atoms. The van der Waals surface area contributed by atoms with Crippen molar-refractivity contribution in [2.24, 2.45) is 5.73 Å². The SMILES string of the molecule is COc1c(C(N)CCC(=O)O)cc2c(c1F)OCO2. The van der Waals surface area contributed by atoms with E-state index in [1.54, 1.807) is 0 Å². The zero-order chi connectivity index (χ0) is 14.0. The molecule has 0 spiro atoms. The first kappa shape index (κ1) is 13.4. The van der Waals surface area contributed by atoms with E-state index in [1.165, 1.54) is 13.2 Å². The summed E-state index contributed by atoms with van der Waals surface area (Å²) in [5.41, 5.74) is 6.24. The van der Waals surface area contributed by atoms with Gasteiger partial charge in [0, 0.05) is 18.0 Å². The van der Waals surface area contributed by atoms with Crippen LogP contribution in [0.5, 0.6) is 17.2 Å². The van der Waals surface area contributed by atoms with E-state index in [0.29, 0.717) is 5.56 Å². The average molecular weight is 271 g/mol. The molecular formula is C12H14FNO5. The minimum atomic E-state index is -0.962. The monoisotopic (exact) mass is 271 g/mol. The highest BCUT2D eigenvalue weighted by atomic mass is 19.1. The molecule has 104 valence electrons. The van der Waals surface area contributed by atoms with Crippen molar-refractivity contribution < 1.29 is 28.5 Å². The maximum absolute atomic E-state index is 14.1. The molecule has 1 aromatic carbocycles. The van der Waals surface area contributed by atoms with Gasteiger partial charge in [-0.1, -0.05) is 0 Å². The van der Waals surface area contributed by atoms with E-state index in [2.05, 4.69) is 0 Å². The highest BCUT2D eigenvalue weighted by Gasteiger charge is 2.27. The summed E-state index contributed by atoms with van der Waals surface area (Å²) >= 11 is 0. The Kier molecular flexibility index (Phi) is 3.75. The molecule has 0 saturated heterocycles. The fourth-order valence-corrected chi connectivity index (χ4v) is 1.92. The number of hydrogen-bond acceptors (Lipinski definition) is 5. The highest BCUT2D eigenvalue weighted by molar-refractivity contribution is 5.66. The van der Waals surface area contributed by atoms with Gasteiger partial charge in [-0.25, -0.2) is 0 Å². The molecular weight excluding hydrogens is 257 g/mol. The summed E-state index contributed by atoms with van der Waals surface area (Å²) in [5.74, 6) is -1.44. The van der Waals surface area contributed by atoms with Crippen molar-refractivity contribution in [3.05, 3.63) is 17.4 Å². The Morgan fingerprint density at radius 2 is 2.37 bits per heavy atom. The number of carboxylic acids is 1. The Morgan fingerprint density at radius 1 is 1.63 bits per heavy atom. The van der Waals surface area contributed by atoms with Crippen molar-refractivity contribution in [2.75, 3.05) is 13.9 Å². The number of hydrogen-bond donors (Lipinski definition) is 2. The molecule has 1 atom stereocenters. The predicted octanol–water partition coefficient (Wildman–Crippen LogP) is 1.43. The third-order valence-electron chi connectivity index (χ3n) is 2.86. The lowest BCUT2D eigenvalue weighted by atomic mass is 10.0. The largest absolute Gasteiger partial charge is 0.493 e. The first-order valence-electron chi connectivity index (χ1n) is 5.68. The number of aliphatic carboxylic acids is 1. The lowest BCUT2D eigenvalue weighted by molar-refractivity contribution is -0.137. The standard InChI is InChI=1S/C12H14FNO5/c1-17-11-6(7(14)2-3-9(15)16)4-8-12(10(11)13)19-5-18-8/h4,7H,2-3,5,14H2,1H3,(H,15,16). The fraction of sp³-hybridized carbons (Fsp3) is 0.417. The Bertz CT molecular complexity index is 505. The molecule has 0 saturated carbocycles. The van der Waals surface area contributed by atoms with Crippen molar-refractivity contribution in [2.45, 2.75) is 18.9 Å². The van der Waals surface area contributed by atoms with E-state index >= 15 is 0 Å². The van der Waals surface area contributed by atoms with E-state index in [-0.39, 0.29) is 36.9 Å². The number of ether oxygens (including phenoxy) is 3. The van der Waals surface area contributed by atoms with E-state index in [4.69, 9.17) is 25.1 Å². The molecule has 0 fully saturated rings. The summed E-state index contributed by atoms with van der Waals surface area (Å²) in [6, 6.07) is 0.867. The molecule has 0 bridgehead atoms. The van der Waals surface area contributed by atoms with Gasteiger partial charge >= 0.3 is 5.97 Å². The molecule has 0 aliphatic carbocycles. The molecule has 7 heteroatoms. The maximum atomic E-state index is 14.1. The Labute approximate surface area is 108 Å². The third kappa shape index (κ3) is 2.55. The highest BCUT2D eigenvalue weighted by Crippen LogP contribution is 2.43. The van der Waals surface area contributed by atoms with Gasteiger partial charge < -0.3 is 25.1 Å². The molecule has 0 radical (unpaired) electrons. The van der Waals surface area contributed by atoms with Crippen LogP contribution < -0.4 is 19.9 Å². The number of carbonyl (C=O) groups is 1. The van der Waals surface area contributed by atoms with Crippen LogP contribution in [0.25, 0.3) is 0 Å². The predicted molar refractivity (Wildman–Crippen MR) is 62.9 cm³/mol. The summed E-state index contributed by atoms with van der Waals surface area (Å²) in [7, 11) is 1.31. The van der Waals surface area contributed by atoms with E-state index in [9.17, 15) is 9.18 Å². The molecule has 1 aliphatic heterocycles. The fourth-order valence-electron chi connectivity index (χ4n) is 1.92. The molecule has 2 rings (SSSR count). The van der Waals surface area contributed by atoms with Gasteiger partial charge in [0.25, 0.3) is 0 Å². The minimum Gasteiger partial charge on any atom is -0.493 e. The number of halogens is 1. The third-order valence-corrected chi connectivity index (χ3v) is 2.86. The van der Waals surface area contributed by atoms with Gasteiger partial charge in [-0.15, -0.1) is 0 Å². The van der Waals surface area contributed by atoms with Crippen LogP contribution >= 0.6 is 0 Å². The van der Waals surface area contributed by atoms with Gasteiger partial charge in [0.15, 0.2) is 11.5 Å². The van der Waals surface area contributed by atoms with Gasteiger partial charge in [-0.3, -0.25) is 4.79 Å². The van der Waals surface area contributed by atoms with Crippen LogP contribution in [-0.2, 0) is 4.79 Å². The second-order valence-corrected chi connectivity index (χ2v) is 4.09. The van der Waals surface area contributed by atoms with Crippen molar-refractivity contribution in [1.29, 1.82) is 0 Å². The number of nitrogens with two attached hydrogens (primary N) is 1. The molecule has 6 nitrogen and oxygen atoms in total. The van der Waals surface area contributed by atoms with Gasteiger partial charge in [0.2, 0.25) is 18.4 Å². The second-order valence-electron chi connectivity index (χ2n) is 4.09. The van der Waals surface area contributed by atoms with Gasteiger partial charge in [-0.05, 0) is 12.5 Å². The lowest BCUT2D eigenvalue weighted by Gasteiger charge is -2.16. The zero-order valence-electron chi connectivity index (χ0n) is 10.3. The van der Waals surface area contributed by atoms with Gasteiger partial charge in [-0.2, -0.15) is 4.39 Å². The van der Waals surface area contributed by atoms with Crippen molar-refractivity contribution in [3.63, 3.8) is 0 Å². The quantitative estimate of drug-likeness (QED) is 0.841. The van der Waals surface area contributed by atoms with Gasteiger partial charge in [0.05, 0.1) is 7.11 Å². The topological polar surface area (TPSA) is 91.0 Å². The Balaban J connectivity index is 2.34. The van der Waals surface area contributed by atoms with Crippen LogP contribution in [0.4, 0.5) is 4.39 Å². The first-order valence-corrected chi connectivity index (χ1v) is 5.68. The van der Waals surface area contributed by atoms with E-state index < -0.39 is 17.8 Å². The van der Waals surface area contributed by atoms with E-state index in [0.717, 1.165) is 0 Å². The second kappa shape index (κ2) is 5.31. The van der Waals surface area contributed by atoms with Crippen molar-refractivity contribution >= 4 is 5.97 Å². The first-order chi connectivity index (χ1) is 9.04. The summed E-state index contributed by atoms with van der Waals surface area (Å²) in [6.07, 6.45) is 0.0607. The number of methoxy groups -OCH3 is 1. The maximum Gasteiger partial charge on any atom is 0.303 e. The summed E-state index contributed by atoms with van der Waals surface area (Å²) < 4.78 is 29.2. The summed E-state index contributed by atoms with van der Waals surface area (Å²) in [5, 5.41) is 8.64. The molecule has 1 aliphatic rings.